The van der Waals surface area contributed by atoms with E-state index >= 15 is 0 Å². The fourth-order valence-corrected chi connectivity index (χ4v) is 3.29. The van der Waals surface area contributed by atoms with Crippen LogP contribution in [0.5, 0.6) is 5.75 Å². The lowest BCUT2D eigenvalue weighted by Gasteiger charge is -2.06. The van der Waals surface area contributed by atoms with Gasteiger partial charge in [-0.1, -0.05) is 37.5 Å². The smallest absolute Gasteiger partial charge is 0.322 e. The van der Waals surface area contributed by atoms with Crippen LogP contribution in [0.15, 0.2) is 57.8 Å². The van der Waals surface area contributed by atoms with Gasteiger partial charge in [0.05, 0.1) is 13.0 Å². The normalized spacial score (nSPS) is 10.7. The molecule has 0 saturated carbocycles. The zero-order valence-corrected chi connectivity index (χ0v) is 17.5. The molecule has 0 aliphatic carbocycles. The molecule has 0 radical (unpaired) electrons. The number of carbonyl (C=O) groups excluding carboxylic acids is 1. The minimum absolute atomic E-state index is 0.0893. The summed E-state index contributed by atoms with van der Waals surface area (Å²) in [6.45, 7) is 4.91. The first kappa shape index (κ1) is 20.9. The van der Waals surface area contributed by atoms with Crippen molar-refractivity contribution >= 4 is 23.7 Å². The number of amides is 1. The lowest BCUT2D eigenvalue weighted by atomic mass is 10.1. The summed E-state index contributed by atoms with van der Waals surface area (Å²) in [7, 11) is 0. The van der Waals surface area contributed by atoms with Crippen LogP contribution < -0.4 is 10.1 Å². The van der Waals surface area contributed by atoms with Crippen LogP contribution in [0, 0.1) is 0 Å². The van der Waals surface area contributed by atoms with Gasteiger partial charge in [-0.3, -0.25) is 10.1 Å². The van der Waals surface area contributed by atoms with E-state index in [1.54, 1.807) is 36.0 Å². The van der Waals surface area contributed by atoms with E-state index in [0.717, 1.165) is 29.9 Å². The first-order valence-electron chi connectivity index (χ1n) is 9.76. The molecule has 1 N–H and O–H groups in total. The van der Waals surface area contributed by atoms with Gasteiger partial charge in [0, 0.05) is 10.5 Å². The van der Waals surface area contributed by atoms with E-state index < -0.39 is 0 Å². The molecule has 29 heavy (non-hydrogen) atoms. The Morgan fingerprint density at radius 2 is 1.83 bits per heavy atom. The first-order valence-corrected chi connectivity index (χ1v) is 10.7. The molecule has 0 fully saturated rings. The van der Waals surface area contributed by atoms with Gasteiger partial charge in [0.15, 0.2) is 0 Å². The largest absolute Gasteiger partial charge is 0.494 e. The highest BCUT2D eigenvalue weighted by Crippen LogP contribution is 2.20. The van der Waals surface area contributed by atoms with Crippen LogP contribution in [0.25, 0.3) is 0 Å². The van der Waals surface area contributed by atoms with Crippen LogP contribution in [0.2, 0.25) is 0 Å². The van der Waals surface area contributed by atoms with Gasteiger partial charge < -0.3 is 9.15 Å². The third kappa shape index (κ3) is 6.35. The molecule has 2 aromatic carbocycles. The summed E-state index contributed by atoms with van der Waals surface area (Å²) in [5.74, 6) is 1.94. The predicted octanol–water partition coefficient (Wildman–Crippen LogP) is 5.20. The molecule has 0 aliphatic heterocycles. The van der Waals surface area contributed by atoms with E-state index in [4.69, 9.17) is 9.15 Å². The van der Waals surface area contributed by atoms with Gasteiger partial charge >= 0.3 is 6.01 Å². The van der Waals surface area contributed by atoms with Crippen LogP contribution in [0.3, 0.4) is 0 Å². The summed E-state index contributed by atoms with van der Waals surface area (Å²) in [6, 6.07) is 15.3. The van der Waals surface area contributed by atoms with Crippen LogP contribution >= 0.6 is 11.8 Å². The minimum atomic E-state index is -0.304. The lowest BCUT2D eigenvalue weighted by molar-refractivity contribution is 0.102. The molecule has 0 bridgehead atoms. The van der Waals surface area contributed by atoms with Crippen molar-refractivity contribution in [2.75, 3.05) is 17.7 Å². The summed E-state index contributed by atoms with van der Waals surface area (Å²) < 4.78 is 11.2. The summed E-state index contributed by atoms with van der Waals surface area (Å²) in [5.41, 5.74) is 1.57. The van der Waals surface area contributed by atoms with Gasteiger partial charge in [0.2, 0.25) is 5.89 Å². The standard InChI is InChI=1S/C22H25N3O3S/c1-3-5-14-27-18-10-8-17(9-11-18)21(26)23-22-25-24-20(28-22)15-16-6-12-19(13-7-16)29-4-2/h6-13H,3-5,14-15H2,1-2H3,(H,23,25,26). The summed E-state index contributed by atoms with van der Waals surface area (Å²) in [6.07, 6.45) is 2.60. The third-order valence-corrected chi connectivity index (χ3v) is 5.05. The van der Waals surface area contributed by atoms with Gasteiger partial charge in [-0.05, 0) is 54.1 Å². The molecule has 0 unspecified atom stereocenters. The number of ether oxygens (including phenoxy) is 1. The van der Waals surface area contributed by atoms with Crippen molar-refractivity contribution < 1.29 is 13.9 Å². The number of thioether (sulfide) groups is 1. The maximum atomic E-state index is 12.4. The van der Waals surface area contributed by atoms with E-state index in [1.807, 2.05) is 12.1 Å². The SMILES string of the molecule is CCCCOc1ccc(C(=O)Nc2nnc(Cc3ccc(SCC)cc3)o2)cc1. The van der Waals surface area contributed by atoms with Crippen molar-refractivity contribution in [3.8, 4) is 5.75 Å². The monoisotopic (exact) mass is 411 g/mol. The Morgan fingerprint density at radius 1 is 1.07 bits per heavy atom. The second-order valence-corrected chi connectivity index (χ2v) is 7.77. The maximum absolute atomic E-state index is 12.4. The van der Waals surface area contributed by atoms with Crippen LogP contribution in [0.1, 0.15) is 48.5 Å². The Hall–Kier alpha value is -2.80. The molecule has 0 aliphatic rings. The van der Waals surface area contributed by atoms with Gasteiger partial charge in [-0.2, -0.15) is 0 Å². The highest BCUT2D eigenvalue weighted by Gasteiger charge is 2.12. The van der Waals surface area contributed by atoms with Gasteiger partial charge in [0.1, 0.15) is 5.75 Å². The first-order chi connectivity index (χ1) is 14.2. The Balaban J connectivity index is 1.54. The third-order valence-electron chi connectivity index (χ3n) is 4.16. The Bertz CT molecular complexity index is 908. The average Bonchev–Trinajstić information content (AvgIpc) is 3.17. The molecule has 7 heteroatoms. The molecule has 1 heterocycles. The average molecular weight is 412 g/mol. The number of nitrogens with one attached hydrogen (secondary N) is 1. The number of carbonyl (C=O) groups is 1. The zero-order chi connectivity index (χ0) is 20.5. The summed E-state index contributed by atoms with van der Waals surface area (Å²) in [5, 5.41) is 10.6. The summed E-state index contributed by atoms with van der Waals surface area (Å²) in [4.78, 5) is 13.6. The second-order valence-electron chi connectivity index (χ2n) is 6.44. The molecule has 152 valence electrons. The van der Waals surface area contributed by atoms with Crippen molar-refractivity contribution in [3.05, 3.63) is 65.5 Å². The highest BCUT2D eigenvalue weighted by atomic mass is 32.2. The van der Waals surface area contributed by atoms with Crippen LogP contribution in [-0.2, 0) is 6.42 Å². The predicted molar refractivity (Wildman–Crippen MR) is 115 cm³/mol. The number of unbranched alkanes of at least 4 members (excludes halogenated alkanes) is 1. The van der Waals surface area contributed by atoms with Crippen molar-refractivity contribution in [1.29, 1.82) is 0 Å². The van der Waals surface area contributed by atoms with E-state index in [0.29, 0.717) is 24.5 Å². The fourth-order valence-electron chi connectivity index (χ4n) is 2.63. The van der Waals surface area contributed by atoms with Crippen molar-refractivity contribution in [1.82, 2.24) is 10.2 Å². The lowest BCUT2D eigenvalue weighted by Crippen LogP contribution is -2.12. The molecule has 0 saturated heterocycles. The molecular weight excluding hydrogens is 386 g/mol. The second kappa shape index (κ2) is 10.7. The van der Waals surface area contributed by atoms with Gasteiger partial charge in [0.25, 0.3) is 5.91 Å². The number of anilines is 1. The molecule has 3 rings (SSSR count). The van der Waals surface area contributed by atoms with E-state index in [-0.39, 0.29) is 11.9 Å². The van der Waals surface area contributed by atoms with E-state index in [1.165, 1.54) is 4.90 Å². The van der Waals surface area contributed by atoms with Gasteiger partial charge in [-0.25, -0.2) is 0 Å². The molecule has 0 atom stereocenters. The number of rotatable bonds is 10. The van der Waals surface area contributed by atoms with Crippen molar-refractivity contribution in [2.45, 2.75) is 38.0 Å². The van der Waals surface area contributed by atoms with Crippen molar-refractivity contribution in [2.24, 2.45) is 0 Å². The topological polar surface area (TPSA) is 77.2 Å². The van der Waals surface area contributed by atoms with Crippen LogP contribution in [-0.4, -0.2) is 28.5 Å². The number of aromatic nitrogens is 2. The van der Waals surface area contributed by atoms with Gasteiger partial charge in [-0.15, -0.1) is 16.9 Å². The molecule has 3 aromatic rings. The quantitative estimate of drug-likeness (QED) is 0.365. The van der Waals surface area contributed by atoms with E-state index in [9.17, 15) is 4.79 Å². The van der Waals surface area contributed by atoms with Crippen LogP contribution in [0.4, 0.5) is 6.01 Å². The molecular formula is C22H25N3O3S. The Kier molecular flexibility index (Phi) is 7.69. The molecule has 1 aromatic heterocycles. The minimum Gasteiger partial charge on any atom is -0.494 e. The number of hydrogen-bond donors (Lipinski definition) is 1. The number of hydrogen-bond acceptors (Lipinski definition) is 6. The molecule has 0 spiro atoms. The molecule has 6 nitrogen and oxygen atoms in total. The van der Waals surface area contributed by atoms with E-state index in [2.05, 4.69) is 41.5 Å². The Labute approximate surface area is 175 Å². The highest BCUT2D eigenvalue weighted by molar-refractivity contribution is 7.99. The number of benzene rings is 2. The summed E-state index contributed by atoms with van der Waals surface area (Å²) >= 11 is 1.80. The van der Waals surface area contributed by atoms with Crippen molar-refractivity contribution in [3.63, 3.8) is 0 Å². The number of nitrogens with zero attached hydrogens (tertiary/aromatic N) is 2. The Morgan fingerprint density at radius 3 is 2.52 bits per heavy atom. The maximum Gasteiger partial charge on any atom is 0.322 e. The zero-order valence-electron chi connectivity index (χ0n) is 16.7. The fraction of sp³-hybridized carbons (Fsp3) is 0.318. The molecule has 1 amide bonds.